The van der Waals surface area contributed by atoms with Crippen molar-refractivity contribution in [3.63, 3.8) is 0 Å². The molecule has 3 rings (SSSR count). The number of carbonyl (C=O) groups is 1. The maximum absolute atomic E-state index is 12.1. The minimum Gasteiger partial charge on any atom is -0.351 e. The quantitative estimate of drug-likeness (QED) is 0.846. The van der Waals surface area contributed by atoms with Crippen LogP contribution in [0.15, 0.2) is 24.0 Å². The van der Waals surface area contributed by atoms with Crippen molar-refractivity contribution in [2.24, 2.45) is 0 Å². The second-order valence-electron chi connectivity index (χ2n) is 5.58. The topological polar surface area (TPSA) is 46.9 Å². The number of allylic oxidation sites excluding steroid dienone is 1. The van der Waals surface area contributed by atoms with E-state index in [9.17, 15) is 4.79 Å². The Balaban J connectivity index is 1.52. The van der Waals surface area contributed by atoms with Crippen LogP contribution in [0.3, 0.4) is 0 Å². The van der Waals surface area contributed by atoms with Crippen LogP contribution in [0.5, 0.6) is 0 Å². The molecule has 19 heavy (non-hydrogen) atoms. The summed E-state index contributed by atoms with van der Waals surface area (Å²) in [5.41, 5.74) is 1.32. The Morgan fingerprint density at radius 2 is 2.37 bits per heavy atom. The van der Waals surface area contributed by atoms with Crippen LogP contribution >= 0.6 is 0 Å². The van der Waals surface area contributed by atoms with E-state index in [2.05, 4.69) is 20.9 Å². The predicted molar refractivity (Wildman–Crippen MR) is 73.6 cm³/mol. The van der Waals surface area contributed by atoms with Gasteiger partial charge in [0.25, 0.3) is 0 Å². The number of carbonyl (C=O) groups excluding carboxylic acids is 1. The van der Waals surface area contributed by atoms with Gasteiger partial charge in [0.2, 0.25) is 5.91 Å². The molecule has 4 nitrogen and oxygen atoms in total. The first-order valence-corrected chi connectivity index (χ1v) is 7.28. The summed E-state index contributed by atoms with van der Waals surface area (Å²) in [5.74, 6) is 1.32. The largest absolute Gasteiger partial charge is 0.351 e. The van der Waals surface area contributed by atoms with Gasteiger partial charge in [0.15, 0.2) is 0 Å². The fraction of sp³-hybridized carbons (Fsp3) is 0.600. The van der Waals surface area contributed by atoms with Gasteiger partial charge < -0.3 is 9.88 Å². The van der Waals surface area contributed by atoms with Crippen molar-refractivity contribution in [1.29, 1.82) is 0 Å². The van der Waals surface area contributed by atoms with E-state index in [-0.39, 0.29) is 11.9 Å². The summed E-state index contributed by atoms with van der Waals surface area (Å²) in [7, 11) is 0. The molecule has 102 valence electrons. The molecule has 1 aliphatic heterocycles. The molecule has 1 N–H and O–H groups in total. The number of hydrogen-bond donors (Lipinski definition) is 1. The molecule has 1 aliphatic carbocycles. The molecule has 0 unspecified atom stereocenters. The zero-order chi connectivity index (χ0) is 13.1. The SMILES string of the molecule is O=C(CC1=CCCCC1)N[C@H]1CCc2nccn2C1. The molecular weight excluding hydrogens is 238 g/mol. The van der Waals surface area contributed by atoms with Crippen LogP contribution in [0.4, 0.5) is 0 Å². The monoisotopic (exact) mass is 259 g/mol. The number of nitrogens with one attached hydrogen (secondary N) is 1. The minimum absolute atomic E-state index is 0.182. The van der Waals surface area contributed by atoms with E-state index in [0.717, 1.165) is 38.1 Å². The normalized spacial score (nSPS) is 22.5. The maximum Gasteiger partial charge on any atom is 0.224 e. The average Bonchev–Trinajstić information content (AvgIpc) is 2.87. The number of aromatic nitrogens is 2. The molecule has 0 saturated carbocycles. The fourth-order valence-corrected chi connectivity index (χ4v) is 3.03. The van der Waals surface area contributed by atoms with Crippen molar-refractivity contribution in [2.75, 3.05) is 0 Å². The molecule has 0 fully saturated rings. The van der Waals surface area contributed by atoms with Crippen molar-refractivity contribution in [2.45, 2.75) is 57.5 Å². The third-order valence-corrected chi connectivity index (χ3v) is 4.07. The molecule has 1 atom stereocenters. The van der Waals surface area contributed by atoms with Gasteiger partial charge in [-0.25, -0.2) is 4.98 Å². The highest BCUT2D eigenvalue weighted by Gasteiger charge is 2.20. The van der Waals surface area contributed by atoms with E-state index in [4.69, 9.17) is 0 Å². The van der Waals surface area contributed by atoms with Gasteiger partial charge >= 0.3 is 0 Å². The van der Waals surface area contributed by atoms with Crippen LogP contribution in [0.2, 0.25) is 0 Å². The average molecular weight is 259 g/mol. The summed E-state index contributed by atoms with van der Waals surface area (Å²) >= 11 is 0. The molecule has 4 heteroatoms. The Hall–Kier alpha value is -1.58. The first-order valence-electron chi connectivity index (χ1n) is 7.28. The summed E-state index contributed by atoms with van der Waals surface area (Å²) in [4.78, 5) is 16.4. The van der Waals surface area contributed by atoms with E-state index in [1.54, 1.807) is 0 Å². The molecule has 0 aromatic carbocycles. The van der Waals surface area contributed by atoms with Gasteiger partial charge in [0, 0.05) is 37.8 Å². The van der Waals surface area contributed by atoms with Gasteiger partial charge in [0.05, 0.1) is 0 Å². The van der Waals surface area contributed by atoms with Crippen LogP contribution in [0.1, 0.15) is 44.3 Å². The number of imidazole rings is 1. The smallest absolute Gasteiger partial charge is 0.224 e. The van der Waals surface area contributed by atoms with Crippen LogP contribution in [0, 0.1) is 0 Å². The zero-order valence-corrected chi connectivity index (χ0v) is 11.3. The molecule has 0 saturated heterocycles. The number of hydrogen-bond acceptors (Lipinski definition) is 2. The Morgan fingerprint density at radius 3 is 3.21 bits per heavy atom. The Bertz CT molecular complexity index is 489. The van der Waals surface area contributed by atoms with Gasteiger partial charge in [-0.15, -0.1) is 0 Å². The van der Waals surface area contributed by atoms with Gasteiger partial charge in [-0.2, -0.15) is 0 Å². The number of fused-ring (bicyclic) bond motifs is 1. The molecular formula is C15H21N3O. The van der Waals surface area contributed by atoms with Crippen molar-refractivity contribution in [3.8, 4) is 0 Å². The molecule has 1 amide bonds. The zero-order valence-electron chi connectivity index (χ0n) is 11.3. The van der Waals surface area contributed by atoms with Crippen LogP contribution in [0.25, 0.3) is 0 Å². The highest BCUT2D eigenvalue weighted by Crippen LogP contribution is 2.20. The summed E-state index contributed by atoms with van der Waals surface area (Å²) < 4.78 is 2.15. The van der Waals surface area contributed by atoms with Crippen LogP contribution in [-0.4, -0.2) is 21.5 Å². The Labute approximate surface area is 113 Å². The van der Waals surface area contributed by atoms with Crippen LogP contribution in [-0.2, 0) is 17.8 Å². The van der Waals surface area contributed by atoms with Gasteiger partial charge in [-0.1, -0.05) is 11.6 Å². The standard InChI is InChI=1S/C15H21N3O/c19-15(10-12-4-2-1-3-5-12)17-13-6-7-14-16-8-9-18(14)11-13/h4,8-9,13H,1-3,5-7,10-11H2,(H,17,19)/t13-/m0/s1. The Morgan fingerprint density at radius 1 is 1.42 bits per heavy atom. The summed E-state index contributed by atoms with van der Waals surface area (Å²) in [5, 5.41) is 3.17. The summed E-state index contributed by atoms with van der Waals surface area (Å²) in [6.45, 7) is 0.861. The summed E-state index contributed by atoms with van der Waals surface area (Å²) in [6.07, 6.45) is 13.4. The fourth-order valence-electron chi connectivity index (χ4n) is 3.03. The van der Waals surface area contributed by atoms with Crippen molar-refractivity contribution in [3.05, 3.63) is 29.9 Å². The van der Waals surface area contributed by atoms with E-state index >= 15 is 0 Å². The lowest BCUT2D eigenvalue weighted by Crippen LogP contribution is -2.41. The van der Waals surface area contributed by atoms with Gasteiger partial charge in [0.1, 0.15) is 5.82 Å². The molecule has 2 aliphatic rings. The summed E-state index contributed by atoms with van der Waals surface area (Å²) in [6, 6.07) is 0.262. The third kappa shape index (κ3) is 3.06. The van der Waals surface area contributed by atoms with Crippen LogP contribution < -0.4 is 5.32 Å². The van der Waals surface area contributed by atoms with Gasteiger partial charge in [-0.3, -0.25) is 4.79 Å². The van der Waals surface area contributed by atoms with E-state index in [1.165, 1.54) is 18.4 Å². The van der Waals surface area contributed by atoms with Crippen molar-refractivity contribution in [1.82, 2.24) is 14.9 Å². The molecule has 0 bridgehead atoms. The lowest BCUT2D eigenvalue weighted by molar-refractivity contribution is -0.121. The highest BCUT2D eigenvalue weighted by atomic mass is 16.1. The molecule has 1 aromatic heterocycles. The molecule has 2 heterocycles. The molecule has 0 radical (unpaired) electrons. The number of nitrogens with zero attached hydrogens (tertiary/aromatic N) is 2. The first kappa shape index (κ1) is 12.5. The van der Waals surface area contributed by atoms with E-state index < -0.39 is 0 Å². The third-order valence-electron chi connectivity index (χ3n) is 4.07. The minimum atomic E-state index is 0.182. The second kappa shape index (κ2) is 5.59. The number of aryl methyl sites for hydroxylation is 1. The predicted octanol–water partition coefficient (Wildman–Crippen LogP) is 2.20. The first-order chi connectivity index (χ1) is 9.31. The van der Waals surface area contributed by atoms with E-state index in [0.29, 0.717) is 6.42 Å². The highest BCUT2D eigenvalue weighted by molar-refractivity contribution is 5.78. The van der Waals surface area contributed by atoms with E-state index in [1.807, 2.05) is 12.4 Å². The van der Waals surface area contributed by atoms with Gasteiger partial charge in [-0.05, 0) is 32.1 Å². The molecule has 0 spiro atoms. The maximum atomic E-state index is 12.1. The Kier molecular flexibility index (Phi) is 3.67. The number of rotatable bonds is 3. The number of amides is 1. The van der Waals surface area contributed by atoms with Crippen molar-refractivity contribution >= 4 is 5.91 Å². The van der Waals surface area contributed by atoms with Crippen molar-refractivity contribution < 1.29 is 4.79 Å². The lowest BCUT2D eigenvalue weighted by Gasteiger charge is -2.25. The lowest BCUT2D eigenvalue weighted by atomic mass is 9.97. The second-order valence-corrected chi connectivity index (χ2v) is 5.58. The molecule has 1 aromatic rings.